The average molecular weight is 241 g/mol. The van der Waals surface area contributed by atoms with Gasteiger partial charge in [0.1, 0.15) is 0 Å². The summed E-state index contributed by atoms with van der Waals surface area (Å²) in [6.07, 6.45) is 3.76. The van der Waals surface area contributed by atoms with E-state index in [9.17, 15) is 0 Å². The van der Waals surface area contributed by atoms with Crippen LogP contribution in [0.15, 0.2) is 0 Å². The van der Waals surface area contributed by atoms with Crippen LogP contribution in [0.3, 0.4) is 0 Å². The van der Waals surface area contributed by atoms with Crippen LogP contribution in [0.2, 0.25) is 0 Å². The fourth-order valence-electron chi connectivity index (χ4n) is 2.66. The Morgan fingerprint density at radius 3 is 2.47 bits per heavy atom. The molecule has 0 spiro atoms. The highest BCUT2D eigenvalue weighted by atomic mass is 15.3. The standard InChI is InChI=1S/C14H31N3/c1-5-13(6-2)15-8-9-17-11-10-16(4)14(7-3)12-17/h13-15H,5-12H2,1-4H3. The molecule has 0 amide bonds. The van der Waals surface area contributed by atoms with Crippen molar-refractivity contribution >= 4 is 0 Å². The van der Waals surface area contributed by atoms with E-state index in [1.54, 1.807) is 0 Å². The predicted molar refractivity (Wildman–Crippen MR) is 75.5 cm³/mol. The first-order valence-electron chi connectivity index (χ1n) is 7.37. The Morgan fingerprint density at radius 2 is 1.88 bits per heavy atom. The highest BCUT2D eigenvalue weighted by Gasteiger charge is 2.22. The zero-order valence-corrected chi connectivity index (χ0v) is 12.2. The fraction of sp³-hybridized carbons (Fsp3) is 1.00. The molecule has 0 aromatic carbocycles. The van der Waals surface area contributed by atoms with Crippen molar-refractivity contribution in [2.75, 3.05) is 39.8 Å². The van der Waals surface area contributed by atoms with Crippen LogP contribution >= 0.6 is 0 Å². The third-order valence-electron chi connectivity index (χ3n) is 4.18. The van der Waals surface area contributed by atoms with Crippen molar-refractivity contribution in [3.63, 3.8) is 0 Å². The largest absolute Gasteiger partial charge is 0.313 e. The minimum Gasteiger partial charge on any atom is -0.313 e. The summed E-state index contributed by atoms with van der Waals surface area (Å²) in [6, 6.07) is 1.47. The van der Waals surface area contributed by atoms with Crippen molar-refractivity contribution in [2.24, 2.45) is 0 Å². The maximum absolute atomic E-state index is 3.66. The van der Waals surface area contributed by atoms with Crippen LogP contribution in [-0.2, 0) is 0 Å². The highest BCUT2D eigenvalue weighted by molar-refractivity contribution is 4.79. The molecule has 3 nitrogen and oxygen atoms in total. The number of piperazine rings is 1. The number of nitrogens with zero attached hydrogens (tertiary/aromatic N) is 2. The second-order valence-corrected chi connectivity index (χ2v) is 5.31. The van der Waals surface area contributed by atoms with Gasteiger partial charge in [-0.05, 0) is 26.3 Å². The molecule has 0 radical (unpaired) electrons. The number of likely N-dealkylation sites (N-methyl/N-ethyl adjacent to an activating group) is 1. The normalized spacial score (nSPS) is 23.5. The van der Waals surface area contributed by atoms with Crippen molar-refractivity contribution in [3.05, 3.63) is 0 Å². The van der Waals surface area contributed by atoms with Crippen LogP contribution in [0.4, 0.5) is 0 Å². The highest BCUT2D eigenvalue weighted by Crippen LogP contribution is 2.09. The zero-order valence-electron chi connectivity index (χ0n) is 12.2. The van der Waals surface area contributed by atoms with Gasteiger partial charge in [0.2, 0.25) is 0 Å². The number of nitrogens with one attached hydrogen (secondary N) is 1. The molecule has 1 rings (SSSR count). The summed E-state index contributed by atoms with van der Waals surface area (Å²) < 4.78 is 0. The molecule has 1 aliphatic rings. The smallest absolute Gasteiger partial charge is 0.0218 e. The van der Waals surface area contributed by atoms with Gasteiger partial charge in [0.05, 0.1) is 0 Å². The quantitative estimate of drug-likeness (QED) is 0.733. The predicted octanol–water partition coefficient (Wildman–Crippen LogP) is 1.79. The van der Waals surface area contributed by atoms with Crippen LogP contribution in [0.1, 0.15) is 40.0 Å². The summed E-state index contributed by atoms with van der Waals surface area (Å²) in [4.78, 5) is 5.12. The second-order valence-electron chi connectivity index (χ2n) is 5.31. The van der Waals surface area contributed by atoms with Crippen molar-refractivity contribution in [1.82, 2.24) is 15.1 Å². The number of hydrogen-bond acceptors (Lipinski definition) is 3. The minimum atomic E-state index is 0.712. The van der Waals surface area contributed by atoms with Gasteiger partial charge < -0.3 is 10.2 Å². The maximum Gasteiger partial charge on any atom is 0.0218 e. The summed E-state index contributed by atoms with van der Waals surface area (Å²) in [7, 11) is 2.26. The third-order valence-corrected chi connectivity index (χ3v) is 4.18. The molecule has 102 valence electrons. The summed E-state index contributed by atoms with van der Waals surface area (Å²) in [5, 5.41) is 3.66. The monoisotopic (exact) mass is 241 g/mol. The third kappa shape index (κ3) is 4.94. The van der Waals surface area contributed by atoms with Crippen LogP contribution in [0, 0.1) is 0 Å². The number of hydrogen-bond donors (Lipinski definition) is 1. The SMILES string of the molecule is CCC(CC)NCCN1CCN(C)C(CC)C1. The van der Waals surface area contributed by atoms with Crippen LogP contribution < -0.4 is 5.32 Å². The van der Waals surface area contributed by atoms with Gasteiger partial charge in [0.15, 0.2) is 0 Å². The van der Waals surface area contributed by atoms with E-state index in [1.165, 1.54) is 45.4 Å². The summed E-state index contributed by atoms with van der Waals surface area (Å²) >= 11 is 0. The van der Waals surface area contributed by atoms with Gasteiger partial charge in [-0.1, -0.05) is 20.8 Å². The van der Waals surface area contributed by atoms with Crippen LogP contribution in [-0.4, -0.2) is 61.7 Å². The van der Waals surface area contributed by atoms with Gasteiger partial charge in [0, 0.05) is 44.8 Å². The summed E-state index contributed by atoms with van der Waals surface area (Å²) in [6.45, 7) is 12.9. The van der Waals surface area contributed by atoms with Crippen molar-refractivity contribution in [1.29, 1.82) is 0 Å². The Kier molecular flexibility index (Phi) is 7.09. The molecule has 17 heavy (non-hydrogen) atoms. The van der Waals surface area contributed by atoms with Gasteiger partial charge in [-0.15, -0.1) is 0 Å². The molecule has 0 saturated carbocycles. The van der Waals surface area contributed by atoms with E-state index >= 15 is 0 Å². The molecular formula is C14H31N3. The molecular weight excluding hydrogens is 210 g/mol. The molecule has 0 aromatic rings. The fourth-order valence-corrected chi connectivity index (χ4v) is 2.66. The van der Waals surface area contributed by atoms with E-state index in [4.69, 9.17) is 0 Å². The van der Waals surface area contributed by atoms with Crippen LogP contribution in [0.25, 0.3) is 0 Å². The zero-order chi connectivity index (χ0) is 12.7. The molecule has 0 bridgehead atoms. The molecule has 1 unspecified atom stereocenters. The van der Waals surface area contributed by atoms with E-state index in [0.29, 0.717) is 6.04 Å². The van der Waals surface area contributed by atoms with Crippen molar-refractivity contribution in [2.45, 2.75) is 52.1 Å². The first-order chi connectivity index (χ1) is 8.21. The number of rotatable bonds is 7. The minimum absolute atomic E-state index is 0.712. The molecule has 1 atom stereocenters. The first kappa shape index (κ1) is 14.9. The lowest BCUT2D eigenvalue weighted by Gasteiger charge is -2.39. The van der Waals surface area contributed by atoms with E-state index in [1.807, 2.05) is 0 Å². The van der Waals surface area contributed by atoms with Crippen molar-refractivity contribution < 1.29 is 0 Å². The summed E-state index contributed by atoms with van der Waals surface area (Å²) in [5.74, 6) is 0. The van der Waals surface area contributed by atoms with Gasteiger partial charge in [-0.3, -0.25) is 4.90 Å². The van der Waals surface area contributed by atoms with E-state index in [-0.39, 0.29) is 0 Å². The Bertz CT molecular complexity index is 192. The van der Waals surface area contributed by atoms with Gasteiger partial charge in [-0.2, -0.15) is 0 Å². The van der Waals surface area contributed by atoms with Gasteiger partial charge in [0.25, 0.3) is 0 Å². The van der Waals surface area contributed by atoms with E-state index in [2.05, 4.69) is 42.9 Å². The van der Waals surface area contributed by atoms with Gasteiger partial charge in [-0.25, -0.2) is 0 Å². The average Bonchev–Trinajstić information content (AvgIpc) is 2.36. The molecule has 3 heteroatoms. The lowest BCUT2D eigenvalue weighted by atomic mass is 10.1. The summed E-state index contributed by atoms with van der Waals surface area (Å²) in [5.41, 5.74) is 0. The molecule has 1 fully saturated rings. The lowest BCUT2D eigenvalue weighted by Crippen LogP contribution is -2.52. The Labute approximate surface area is 108 Å². The topological polar surface area (TPSA) is 18.5 Å². The molecule has 1 aliphatic heterocycles. The van der Waals surface area contributed by atoms with Gasteiger partial charge >= 0.3 is 0 Å². The molecule has 1 heterocycles. The maximum atomic E-state index is 3.66. The van der Waals surface area contributed by atoms with E-state index in [0.717, 1.165) is 12.6 Å². The molecule has 1 N–H and O–H groups in total. The first-order valence-corrected chi connectivity index (χ1v) is 7.37. The Hall–Kier alpha value is -0.120. The molecule has 1 saturated heterocycles. The van der Waals surface area contributed by atoms with E-state index < -0.39 is 0 Å². The Morgan fingerprint density at radius 1 is 1.18 bits per heavy atom. The molecule has 0 aliphatic carbocycles. The lowest BCUT2D eigenvalue weighted by molar-refractivity contribution is 0.0932. The van der Waals surface area contributed by atoms with Crippen molar-refractivity contribution in [3.8, 4) is 0 Å². The second kappa shape index (κ2) is 8.06. The Balaban J connectivity index is 2.19. The molecule has 0 aromatic heterocycles. The van der Waals surface area contributed by atoms with Crippen LogP contribution in [0.5, 0.6) is 0 Å².